The van der Waals surface area contributed by atoms with Crippen molar-refractivity contribution in [2.75, 3.05) is 17.1 Å². The summed E-state index contributed by atoms with van der Waals surface area (Å²) in [6, 6.07) is 14.4. The van der Waals surface area contributed by atoms with Crippen LogP contribution in [0, 0.1) is 6.92 Å². The summed E-state index contributed by atoms with van der Waals surface area (Å²) >= 11 is 0. The Hall–Kier alpha value is -2.01. The van der Waals surface area contributed by atoms with E-state index >= 15 is 0 Å². The third-order valence-corrected chi connectivity index (χ3v) is 4.90. The lowest BCUT2D eigenvalue weighted by Crippen LogP contribution is -2.28. The lowest BCUT2D eigenvalue weighted by Gasteiger charge is -2.20. The highest BCUT2D eigenvalue weighted by Gasteiger charge is 2.20. The quantitative estimate of drug-likeness (QED) is 0.880. The van der Waals surface area contributed by atoms with E-state index in [4.69, 9.17) is 5.73 Å². The van der Waals surface area contributed by atoms with Crippen LogP contribution in [0.3, 0.4) is 0 Å². The van der Waals surface area contributed by atoms with Gasteiger partial charge in [0.15, 0.2) is 0 Å². The minimum atomic E-state index is -3.45. The SMILES string of the molecule is Cc1cccc(N(C)S(=O)(=O)Cc2ccccc2N)c1. The number of para-hydroxylation sites is 1. The molecule has 0 amide bonds. The molecule has 0 aliphatic rings. The van der Waals surface area contributed by atoms with Crippen molar-refractivity contribution in [3.05, 3.63) is 59.7 Å². The van der Waals surface area contributed by atoms with Gasteiger partial charge in [-0.1, -0.05) is 30.3 Å². The summed E-state index contributed by atoms with van der Waals surface area (Å²) in [4.78, 5) is 0. The Bertz CT molecular complexity index is 711. The van der Waals surface area contributed by atoms with E-state index in [-0.39, 0.29) is 5.75 Å². The summed E-state index contributed by atoms with van der Waals surface area (Å²) in [5.41, 5.74) is 8.59. The number of hydrogen-bond donors (Lipinski definition) is 1. The van der Waals surface area contributed by atoms with Crippen LogP contribution in [0.5, 0.6) is 0 Å². The van der Waals surface area contributed by atoms with E-state index in [0.717, 1.165) is 5.56 Å². The second-order valence-electron chi connectivity index (χ2n) is 4.76. The first-order valence-electron chi connectivity index (χ1n) is 6.27. The zero-order valence-corrected chi connectivity index (χ0v) is 12.4. The van der Waals surface area contributed by atoms with Gasteiger partial charge in [-0.25, -0.2) is 8.42 Å². The van der Waals surface area contributed by atoms with Crippen LogP contribution in [-0.4, -0.2) is 15.5 Å². The van der Waals surface area contributed by atoms with Crippen molar-refractivity contribution in [2.24, 2.45) is 0 Å². The molecule has 20 heavy (non-hydrogen) atoms. The highest BCUT2D eigenvalue weighted by molar-refractivity contribution is 7.92. The lowest BCUT2D eigenvalue weighted by molar-refractivity contribution is 0.593. The fraction of sp³-hybridized carbons (Fsp3) is 0.200. The highest BCUT2D eigenvalue weighted by atomic mass is 32.2. The van der Waals surface area contributed by atoms with Gasteiger partial charge in [-0.3, -0.25) is 4.31 Å². The Morgan fingerprint density at radius 1 is 1.10 bits per heavy atom. The zero-order chi connectivity index (χ0) is 14.8. The molecule has 0 unspecified atom stereocenters. The molecule has 2 rings (SSSR count). The average molecular weight is 290 g/mol. The Balaban J connectivity index is 2.29. The Morgan fingerprint density at radius 2 is 1.80 bits per heavy atom. The third-order valence-electron chi connectivity index (χ3n) is 3.18. The average Bonchev–Trinajstić information content (AvgIpc) is 2.40. The maximum Gasteiger partial charge on any atom is 0.239 e. The molecule has 0 heterocycles. The topological polar surface area (TPSA) is 63.4 Å². The molecule has 106 valence electrons. The first kappa shape index (κ1) is 14.4. The van der Waals surface area contributed by atoms with E-state index in [0.29, 0.717) is 16.9 Å². The molecule has 2 N–H and O–H groups in total. The molecule has 0 radical (unpaired) electrons. The van der Waals surface area contributed by atoms with Crippen molar-refractivity contribution in [3.63, 3.8) is 0 Å². The molecule has 0 aliphatic carbocycles. The van der Waals surface area contributed by atoms with Gasteiger partial charge in [-0.05, 0) is 36.2 Å². The Morgan fingerprint density at radius 3 is 2.45 bits per heavy atom. The fourth-order valence-corrected chi connectivity index (χ4v) is 3.23. The molecule has 0 atom stereocenters. The van der Waals surface area contributed by atoms with Crippen molar-refractivity contribution >= 4 is 21.4 Å². The first-order chi connectivity index (χ1) is 9.40. The number of anilines is 2. The van der Waals surface area contributed by atoms with Crippen LogP contribution in [0.2, 0.25) is 0 Å². The standard InChI is InChI=1S/C15H18N2O2S/c1-12-6-5-8-14(10-12)17(2)20(18,19)11-13-7-3-4-9-15(13)16/h3-10H,11,16H2,1-2H3. The maximum absolute atomic E-state index is 12.4. The van der Waals surface area contributed by atoms with Crippen LogP contribution in [0.25, 0.3) is 0 Å². The number of nitrogens with zero attached hydrogens (tertiary/aromatic N) is 1. The molecule has 0 saturated heterocycles. The van der Waals surface area contributed by atoms with Gasteiger partial charge in [0, 0.05) is 12.7 Å². The lowest BCUT2D eigenvalue weighted by atomic mass is 10.2. The van der Waals surface area contributed by atoms with Crippen LogP contribution < -0.4 is 10.0 Å². The van der Waals surface area contributed by atoms with Crippen molar-refractivity contribution in [3.8, 4) is 0 Å². The van der Waals surface area contributed by atoms with Gasteiger partial charge in [0.2, 0.25) is 10.0 Å². The molecule has 2 aromatic carbocycles. The van der Waals surface area contributed by atoms with Gasteiger partial charge >= 0.3 is 0 Å². The minimum Gasteiger partial charge on any atom is -0.398 e. The molecule has 0 aromatic heterocycles. The largest absolute Gasteiger partial charge is 0.398 e. The highest BCUT2D eigenvalue weighted by Crippen LogP contribution is 2.22. The van der Waals surface area contributed by atoms with E-state index in [1.807, 2.05) is 25.1 Å². The van der Waals surface area contributed by atoms with Crippen molar-refractivity contribution in [1.29, 1.82) is 0 Å². The second kappa shape index (κ2) is 5.54. The summed E-state index contributed by atoms with van der Waals surface area (Å²) < 4.78 is 26.2. The smallest absolute Gasteiger partial charge is 0.239 e. The summed E-state index contributed by atoms with van der Waals surface area (Å²) in [6.45, 7) is 1.93. The summed E-state index contributed by atoms with van der Waals surface area (Å²) in [5.74, 6) is -0.107. The second-order valence-corrected chi connectivity index (χ2v) is 6.76. The zero-order valence-electron chi connectivity index (χ0n) is 11.6. The molecular formula is C15H18N2O2S. The van der Waals surface area contributed by atoms with Crippen LogP contribution in [0.4, 0.5) is 11.4 Å². The maximum atomic E-state index is 12.4. The van der Waals surface area contributed by atoms with E-state index in [1.54, 1.807) is 37.4 Å². The number of rotatable bonds is 4. The molecule has 0 saturated carbocycles. The number of benzene rings is 2. The molecule has 0 spiro atoms. The number of sulfonamides is 1. The van der Waals surface area contributed by atoms with Gasteiger partial charge in [0.1, 0.15) is 0 Å². The predicted octanol–water partition coefficient (Wildman–Crippen LogP) is 2.54. The monoisotopic (exact) mass is 290 g/mol. The summed E-state index contributed by atoms with van der Waals surface area (Å²) in [6.07, 6.45) is 0. The molecule has 2 aromatic rings. The Kier molecular flexibility index (Phi) is 3.99. The summed E-state index contributed by atoms with van der Waals surface area (Å²) in [7, 11) is -1.89. The van der Waals surface area contributed by atoms with Crippen molar-refractivity contribution < 1.29 is 8.42 Å². The fourth-order valence-electron chi connectivity index (χ4n) is 1.94. The van der Waals surface area contributed by atoms with E-state index < -0.39 is 10.0 Å². The molecule has 0 aliphatic heterocycles. The van der Waals surface area contributed by atoms with Crippen molar-refractivity contribution in [2.45, 2.75) is 12.7 Å². The molecular weight excluding hydrogens is 272 g/mol. The van der Waals surface area contributed by atoms with E-state index in [9.17, 15) is 8.42 Å². The normalized spacial score (nSPS) is 11.3. The Labute approximate surface area is 119 Å². The van der Waals surface area contributed by atoms with Gasteiger partial charge in [0.05, 0.1) is 11.4 Å². The molecule has 0 fully saturated rings. The summed E-state index contributed by atoms with van der Waals surface area (Å²) in [5, 5.41) is 0. The van der Waals surface area contributed by atoms with Crippen molar-refractivity contribution in [1.82, 2.24) is 0 Å². The number of hydrogen-bond acceptors (Lipinski definition) is 3. The van der Waals surface area contributed by atoms with Gasteiger partial charge < -0.3 is 5.73 Å². The number of nitrogens with two attached hydrogens (primary N) is 1. The molecule has 4 nitrogen and oxygen atoms in total. The minimum absolute atomic E-state index is 0.107. The number of nitrogen functional groups attached to an aromatic ring is 1. The van der Waals surface area contributed by atoms with E-state index in [1.165, 1.54) is 4.31 Å². The molecule has 0 bridgehead atoms. The molecule has 5 heteroatoms. The van der Waals surface area contributed by atoms with Crippen LogP contribution >= 0.6 is 0 Å². The van der Waals surface area contributed by atoms with Crippen LogP contribution in [-0.2, 0) is 15.8 Å². The van der Waals surface area contributed by atoms with Crippen LogP contribution in [0.15, 0.2) is 48.5 Å². The van der Waals surface area contributed by atoms with Gasteiger partial charge in [0.25, 0.3) is 0 Å². The van der Waals surface area contributed by atoms with Crippen LogP contribution in [0.1, 0.15) is 11.1 Å². The predicted molar refractivity (Wildman–Crippen MR) is 83.1 cm³/mol. The van der Waals surface area contributed by atoms with Gasteiger partial charge in [-0.2, -0.15) is 0 Å². The third kappa shape index (κ3) is 3.11. The van der Waals surface area contributed by atoms with Gasteiger partial charge in [-0.15, -0.1) is 0 Å². The first-order valence-corrected chi connectivity index (χ1v) is 7.88. The number of aryl methyl sites for hydroxylation is 1. The van der Waals surface area contributed by atoms with E-state index in [2.05, 4.69) is 0 Å².